The molecule has 0 aliphatic rings. The highest BCUT2D eigenvalue weighted by atomic mass is 79.9. The van der Waals surface area contributed by atoms with Crippen LogP contribution >= 0.6 is 27.5 Å². The van der Waals surface area contributed by atoms with Crippen molar-refractivity contribution in [2.24, 2.45) is 0 Å². The van der Waals surface area contributed by atoms with Gasteiger partial charge in [-0.25, -0.2) is 17.2 Å². The molecule has 0 heterocycles. The van der Waals surface area contributed by atoms with Gasteiger partial charge in [0.25, 0.3) is 0 Å². The first kappa shape index (κ1) is 20.6. The maximum absolute atomic E-state index is 13.5. The molecular formula is C16H14BrClF2N2O3S. The van der Waals surface area contributed by atoms with Crippen LogP contribution in [0.15, 0.2) is 40.9 Å². The Morgan fingerprint density at radius 1 is 1.19 bits per heavy atom. The van der Waals surface area contributed by atoms with E-state index in [1.807, 2.05) is 0 Å². The number of amides is 1. The molecular weight excluding hydrogens is 454 g/mol. The molecule has 2 aromatic rings. The van der Waals surface area contributed by atoms with Gasteiger partial charge in [-0.05, 0) is 53.2 Å². The lowest BCUT2D eigenvalue weighted by Gasteiger charge is -2.28. The molecule has 0 aromatic heterocycles. The molecule has 1 atom stereocenters. The highest BCUT2D eigenvalue weighted by Gasteiger charge is 2.30. The Bertz CT molecular complexity index is 957. The van der Waals surface area contributed by atoms with Crippen molar-refractivity contribution >= 4 is 54.8 Å². The summed E-state index contributed by atoms with van der Waals surface area (Å²) in [6.07, 6.45) is 0.870. The molecule has 1 unspecified atom stereocenters. The van der Waals surface area contributed by atoms with Crippen LogP contribution in [0.25, 0.3) is 0 Å². The quantitative estimate of drug-likeness (QED) is 0.718. The maximum Gasteiger partial charge on any atom is 0.247 e. The van der Waals surface area contributed by atoms with Crippen molar-refractivity contribution in [3.05, 3.63) is 57.5 Å². The number of carbonyl (C=O) groups excluding carboxylic acids is 1. The maximum atomic E-state index is 13.5. The smallest absolute Gasteiger partial charge is 0.247 e. The number of hydrogen-bond acceptors (Lipinski definition) is 3. The Hall–Kier alpha value is -1.71. The molecule has 0 fully saturated rings. The molecule has 2 aromatic carbocycles. The van der Waals surface area contributed by atoms with E-state index in [0.29, 0.717) is 19.5 Å². The van der Waals surface area contributed by atoms with Crippen molar-refractivity contribution in [2.75, 3.05) is 15.9 Å². The molecule has 0 radical (unpaired) electrons. The Labute approximate surface area is 163 Å². The van der Waals surface area contributed by atoms with Crippen LogP contribution in [0.1, 0.15) is 6.92 Å². The van der Waals surface area contributed by atoms with Gasteiger partial charge in [-0.1, -0.05) is 11.6 Å². The normalized spacial score (nSPS) is 12.5. The third kappa shape index (κ3) is 4.72. The van der Waals surface area contributed by atoms with E-state index in [9.17, 15) is 22.0 Å². The summed E-state index contributed by atoms with van der Waals surface area (Å²) in [6, 6.07) is 6.05. The fourth-order valence-corrected chi connectivity index (χ4v) is 3.85. The summed E-state index contributed by atoms with van der Waals surface area (Å²) in [5.41, 5.74) is 0.191. The molecule has 0 saturated carbocycles. The van der Waals surface area contributed by atoms with Crippen molar-refractivity contribution < 1.29 is 22.0 Å². The highest BCUT2D eigenvalue weighted by molar-refractivity contribution is 9.10. The summed E-state index contributed by atoms with van der Waals surface area (Å²) in [5, 5.41) is 2.90. The number of rotatable bonds is 5. The lowest BCUT2D eigenvalue weighted by atomic mass is 10.2. The Morgan fingerprint density at radius 2 is 1.85 bits per heavy atom. The van der Waals surface area contributed by atoms with E-state index in [1.165, 1.54) is 13.0 Å². The van der Waals surface area contributed by atoms with Gasteiger partial charge in [-0.3, -0.25) is 9.10 Å². The minimum Gasteiger partial charge on any atom is -0.324 e. The second-order valence-electron chi connectivity index (χ2n) is 5.45. The predicted octanol–water partition coefficient (Wildman–Crippen LogP) is 4.17. The highest BCUT2D eigenvalue weighted by Crippen LogP contribution is 2.27. The third-order valence-electron chi connectivity index (χ3n) is 3.43. The number of nitrogens with one attached hydrogen (secondary N) is 1. The zero-order chi connectivity index (χ0) is 19.6. The summed E-state index contributed by atoms with van der Waals surface area (Å²) in [7, 11) is -3.95. The van der Waals surface area contributed by atoms with Crippen molar-refractivity contribution in [3.63, 3.8) is 0 Å². The largest absolute Gasteiger partial charge is 0.324 e. The summed E-state index contributed by atoms with van der Waals surface area (Å²) in [4.78, 5) is 12.5. The van der Waals surface area contributed by atoms with Gasteiger partial charge in [0.05, 0.1) is 17.0 Å². The number of sulfonamides is 1. The molecule has 26 heavy (non-hydrogen) atoms. The standard InChI is InChI=1S/C16H14BrClF2N2O3S/c1-9(16(23)21-10-3-5-12(17)13(18)7-10)22(26(2,24)25)11-4-6-14(19)15(20)8-11/h3-9H,1-2H3,(H,21,23). The predicted molar refractivity (Wildman–Crippen MR) is 101 cm³/mol. The first-order chi connectivity index (χ1) is 12.0. The molecule has 0 bridgehead atoms. The number of nitrogens with zero attached hydrogens (tertiary/aromatic N) is 1. The van der Waals surface area contributed by atoms with Gasteiger partial charge in [0.1, 0.15) is 6.04 Å². The van der Waals surface area contributed by atoms with E-state index in [4.69, 9.17) is 11.6 Å². The number of carbonyl (C=O) groups is 1. The summed E-state index contributed by atoms with van der Waals surface area (Å²) >= 11 is 9.18. The third-order valence-corrected chi connectivity index (χ3v) is 5.91. The number of anilines is 2. The number of benzene rings is 2. The number of halogens is 4. The van der Waals surface area contributed by atoms with E-state index >= 15 is 0 Å². The summed E-state index contributed by atoms with van der Waals surface area (Å²) in [6.45, 7) is 1.33. The fourth-order valence-electron chi connectivity index (χ4n) is 2.25. The molecule has 10 heteroatoms. The molecule has 0 aliphatic heterocycles. The van der Waals surface area contributed by atoms with Gasteiger partial charge in [0.2, 0.25) is 15.9 Å². The zero-order valence-corrected chi connectivity index (χ0v) is 16.8. The molecule has 2 rings (SSSR count). The molecule has 1 N–H and O–H groups in total. The lowest BCUT2D eigenvalue weighted by molar-refractivity contribution is -0.116. The Kier molecular flexibility index (Phi) is 6.25. The van der Waals surface area contributed by atoms with Crippen LogP contribution in [0.5, 0.6) is 0 Å². The first-order valence-corrected chi connectivity index (χ1v) is 10.2. The van der Waals surface area contributed by atoms with E-state index in [1.54, 1.807) is 12.1 Å². The topological polar surface area (TPSA) is 66.5 Å². The van der Waals surface area contributed by atoms with Crippen LogP contribution in [0.3, 0.4) is 0 Å². The Balaban J connectivity index is 2.34. The molecule has 0 spiro atoms. The number of hydrogen-bond donors (Lipinski definition) is 1. The van der Waals surface area contributed by atoms with Gasteiger partial charge < -0.3 is 5.32 Å². The summed E-state index contributed by atoms with van der Waals surface area (Å²) < 4.78 is 52.2. The van der Waals surface area contributed by atoms with Gasteiger partial charge in [-0.2, -0.15) is 0 Å². The van der Waals surface area contributed by atoms with Crippen molar-refractivity contribution in [1.29, 1.82) is 0 Å². The van der Waals surface area contributed by atoms with Crippen LogP contribution in [0, 0.1) is 11.6 Å². The van der Waals surface area contributed by atoms with E-state index in [0.717, 1.165) is 24.5 Å². The molecule has 1 amide bonds. The fraction of sp³-hybridized carbons (Fsp3) is 0.188. The molecule has 5 nitrogen and oxygen atoms in total. The van der Waals surface area contributed by atoms with Crippen molar-refractivity contribution in [1.82, 2.24) is 0 Å². The average molecular weight is 468 g/mol. The zero-order valence-electron chi connectivity index (χ0n) is 13.6. The van der Waals surface area contributed by atoms with Gasteiger partial charge in [-0.15, -0.1) is 0 Å². The second-order valence-corrected chi connectivity index (χ2v) is 8.57. The minimum absolute atomic E-state index is 0.164. The lowest BCUT2D eigenvalue weighted by Crippen LogP contribution is -2.45. The van der Waals surface area contributed by atoms with Gasteiger partial charge in [0.15, 0.2) is 11.6 Å². The van der Waals surface area contributed by atoms with E-state index in [-0.39, 0.29) is 5.69 Å². The van der Waals surface area contributed by atoms with Crippen LogP contribution in [0.2, 0.25) is 5.02 Å². The molecule has 0 aliphatic carbocycles. The van der Waals surface area contributed by atoms with Gasteiger partial charge >= 0.3 is 0 Å². The van der Waals surface area contributed by atoms with Crippen LogP contribution in [-0.4, -0.2) is 26.6 Å². The Morgan fingerprint density at radius 3 is 2.38 bits per heavy atom. The van der Waals surface area contributed by atoms with Crippen LogP contribution in [0.4, 0.5) is 20.2 Å². The SMILES string of the molecule is CC(C(=O)Nc1ccc(Br)c(Cl)c1)N(c1ccc(F)c(F)c1)S(C)(=O)=O. The van der Waals surface area contributed by atoms with Gasteiger partial charge in [0, 0.05) is 16.2 Å². The second kappa shape index (κ2) is 7.89. The molecule has 0 saturated heterocycles. The first-order valence-electron chi connectivity index (χ1n) is 7.21. The van der Waals surface area contributed by atoms with E-state index in [2.05, 4.69) is 21.2 Å². The average Bonchev–Trinajstić information content (AvgIpc) is 2.53. The van der Waals surface area contributed by atoms with Crippen LogP contribution < -0.4 is 9.62 Å². The summed E-state index contributed by atoms with van der Waals surface area (Å²) in [5.74, 6) is -3.01. The van der Waals surface area contributed by atoms with E-state index < -0.39 is 33.6 Å². The monoisotopic (exact) mass is 466 g/mol. The van der Waals surface area contributed by atoms with Crippen LogP contribution in [-0.2, 0) is 14.8 Å². The molecule has 140 valence electrons. The van der Waals surface area contributed by atoms with Crippen molar-refractivity contribution in [2.45, 2.75) is 13.0 Å². The minimum atomic E-state index is -3.95. The van der Waals surface area contributed by atoms with Crippen molar-refractivity contribution in [3.8, 4) is 0 Å².